The van der Waals surface area contributed by atoms with Gasteiger partial charge in [0.1, 0.15) is 54.6 Å². The van der Waals surface area contributed by atoms with Crippen molar-refractivity contribution in [2.45, 2.75) is 161 Å². The van der Waals surface area contributed by atoms with Crippen LogP contribution in [-0.2, 0) is 68.2 Å². The molecule has 3 aromatic rings. The Labute approximate surface area is 468 Å². The van der Waals surface area contributed by atoms with E-state index in [2.05, 4.69) is 22.5 Å². The SMILES string of the molecule is C=C1OCc2c(cc3n(c2=O)Cc2cc4c(CCCCOCNC(=O)[C@H](C)CC(=O)[C@@H](NC(=O)[C@H](CCC(=O)NC[C@H](O)[C@@H](O)[C@H](O)[C@H](O)CO)CC(=O)CCCCCN5C(=O)C=CC5=O)C(C)C)c(C)c(F)cc4nc2-3)[C@@]1(O)CC. The van der Waals surface area contributed by atoms with Crippen molar-refractivity contribution in [3.05, 3.63) is 86.7 Å². The molecule has 5 amide bonds. The maximum Gasteiger partial charge on any atom is 0.258 e. The first-order chi connectivity index (χ1) is 38.4. The highest BCUT2D eigenvalue weighted by molar-refractivity contribution is 6.12. The number of aromatic nitrogens is 2. The van der Waals surface area contributed by atoms with Gasteiger partial charge in [-0.15, -0.1) is 0 Å². The molecule has 81 heavy (non-hydrogen) atoms. The molecule has 8 atom stereocenters. The minimum absolute atomic E-state index is 0.0127. The van der Waals surface area contributed by atoms with Crippen molar-refractivity contribution in [2.75, 3.05) is 33.0 Å². The Morgan fingerprint density at radius 1 is 0.901 bits per heavy atom. The van der Waals surface area contributed by atoms with Crippen LogP contribution in [0.4, 0.5) is 4.39 Å². The number of aliphatic hydroxyl groups is 6. The van der Waals surface area contributed by atoms with Crippen molar-refractivity contribution in [1.82, 2.24) is 30.4 Å². The van der Waals surface area contributed by atoms with Gasteiger partial charge in [-0.25, -0.2) is 9.37 Å². The van der Waals surface area contributed by atoms with E-state index in [1.807, 2.05) is 6.07 Å². The van der Waals surface area contributed by atoms with Gasteiger partial charge in [0.2, 0.25) is 17.7 Å². The number of benzene rings is 1. The molecule has 1 aromatic carbocycles. The average molecular weight is 1130 g/mol. The van der Waals surface area contributed by atoms with Crippen LogP contribution < -0.4 is 21.5 Å². The second-order valence-corrected chi connectivity index (χ2v) is 21.7. The van der Waals surface area contributed by atoms with Gasteiger partial charge in [-0.3, -0.25) is 43.3 Å². The lowest BCUT2D eigenvalue weighted by Crippen LogP contribution is -2.49. The highest BCUT2D eigenvalue weighted by atomic mass is 19.1. The number of halogens is 1. The summed E-state index contributed by atoms with van der Waals surface area (Å²) < 4.78 is 28.4. The molecule has 0 fully saturated rings. The fraction of sp³-hybridized carbons (Fsp3) is 0.569. The summed E-state index contributed by atoms with van der Waals surface area (Å²) in [5, 5.41) is 68.9. The van der Waals surface area contributed by atoms with Gasteiger partial charge in [-0.2, -0.15) is 0 Å². The number of carbonyl (C=O) groups excluding carboxylic acids is 7. The predicted octanol–water partition coefficient (Wildman–Crippen LogP) is 2.06. The van der Waals surface area contributed by atoms with E-state index < -0.39 is 108 Å². The number of aryl methyl sites for hydroxylation is 1. The average Bonchev–Trinajstić information content (AvgIpc) is 3.44. The summed E-state index contributed by atoms with van der Waals surface area (Å²) in [6.45, 7) is 11.3. The number of hydrogen-bond donors (Lipinski definition) is 9. The summed E-state index contributed by atoms with van der Waals surface area (Å²) in [7, 11) is 0. The molecular weight excluding hydrogens is 1060 g/mol. The quantitative estimate of drug-likeness (QED) is 0.0192. The molecule has 442 valence electrons. The van der Waals surface area contributed by atoms with E-state index in [1.54, 1.807) is 45.3 Å². The van der Waals surface area contributed by atoms with Crippen molar-refractivity contribution < 1.29 is 78.1 Å². The molecule has 2 aromatic heterocycles. The molecule has 0 spiro atoms. The fourth-order valence-electron chi connectivity index (χ4n) is 10.4. The first kappa shape index (κ1) is 63.6. The summed E-state index contributed by atoms with van der Waals surface area (Å²) in [6, 6.07) is 4.01. The second-order valence-electron chi connectivity index (χ2n) is 21.7. The molecule has 3 aliphatic heterocycles. The molecule has 0 saturated carbocycles. The Morgan fingerprint density at radius 3 is 2.28 bits per heavy atom. The van der Waals surface area contributed by atoms with Gasteiger partial charge in [-0.1, -0.05) is 40.7 Å². The minimum atomic E-state index is -1.93. The van der Waals surface area contributed by atoms with E-state index >= 15 is 4.39 Å². The van der Waals surface area contributed by atoms with E-state index in [4.69, 9.17) is 19.6 Å². The third-order valence-electron chi connectivity index (χ3n) is 15.5. The molecule has 0 radical (unpaired) electrons. The van der Waals surface area contributed by atoms with Crippen LogP contribution in [0.15, 0.2) is 47.5 Å². The van der Waals surface area contributed by atoms with Crippen LogP contribution in [0.3, 0.4) is 0 Å². The highest BCUT2D eigenvalue weighted by Gasteiger charge is 2.42. The van der Waals surface area contributed by atoms with Crippen molar-refractivity contribution in [3.63, 3.8) is 0 Å². The number of ether oxygens (including phenoxy) is 2. The van der Waals surface area contributed by atoms with E-state index in [0.29, 0.717) is 72.1 Å². The van der Waals surface area contributed by atoms with Gasteiger partial charge in [0.05, 0.1) is 47.8 Å². The van der Waals surface area contributed by atoms with E-state index in [1.165, 1.54) is 18.2 Å². The zero-order valence-electron chi connectivity index (χ0n) is 46.6. The molecule has 6 rings (SSSR count). The largest absolute Gasteiger partial charge is 0.490 e. The number of Topliss-reactive ketones (excluding diaryl/α,β-unsaturated/α-hetero) is 2. The van der Waals surface area contributed by atoms with Gasteiger partial charge < -0.3 is 60.6 Å². The lowest BCUT2D eigenvalue weighted by molar-refractivity contribution is -0.137. The Balaban J connectivity index is 0.982. The first-order valence-electron chi connectivity index (χ1n) is 27.7. The number of ketones is 2. The number of amides is 5. The Morgan fingerprint density at radius 2 is 1.60 bits per heavy atom. The van der Waals surface area contributed by atoms with Gasteiger partial charge in [0, 0.05) is 91.9 Å². The number of nitrogens with one attached hydrogen (secondary N) is 3. The van der Waals surface area contributed by atoms with Crippen LogP contribution in [0.1, 0.15) is 126 Å². The molecule has 5 heterocycles. The van der Waals surface area contributed by atoms with Gasteiger partial charge >= 0.3 is 0 Å². The zero-order chi connectivity index (χ0) is 59.5. The number of pyridine rings is 2. The van der Waals surface area contributed by atoms with Crippen molar-refractivity contribution in [2.24, 2.45) is 17.8 Å². The normalized spacial score (nSPS) is 18.1. The van der Waals surface area contributed by atoms with Gasteiger partial charge in [-0.05, 0) is 81.0 Å². The molecule has 0 aliphatic carbocycles. The summed E-state index contributed by atoms with van der Waals surface area (Å²) in [6.07, 6.45) is -2.83. The predicted molar refractivity (Wildman–Crippen MR) is 292 cm³/mol. The first-order valence-corrected chi connectivity index (χ1v) is 27.7. The monoisotopic (exact) mass is 1130 g/mol. The Bertz CT molecular complexity index is 2940. The van der Waals surface area contributed by atoms with Crippen LogP contribution in [0.5, 0.6) is 0 Å². The topological polar surface area (TPSA) is 334 Å². The standard InChI is InChI=1S/C58H77FN6O16/c1-7-58(79)34(6)81-29-40-41(58)24-44-52-36(27-65(44)57(40)78)23-39-38(33(5)42(59)25-43(39)62-52)14-10-12-20-80-30-61-55(76)32(4)21-45(68)51(31(2)3)63-56(77)35(15-16-48(71)60-26-46(69)53(74)54(75)47(70)28-66)22-37(67)13-9-8-11-19-64-49(72)17-18-50(64)73/h17-18,23-25,31-32,35,46-47,51,53-54,66,69-70,74-75,79H,6-16,19-22,26-30H2,1-5H3,(H,60,71)(H,61,76)(H,63,77)/t32-,35-,46+,47-,51+,53-,54-,58-/m1/s1. The number of imide groups is 1. The molecule has 23 heteroatoms. The number of carbonyl (C=O) groups is 7. The summed E-state index contributed by atoms with van der Waals surface area (Å²) in [5.41, 5.74) is 2.46. The van der Waals surface area contributed by atoms with Crippen LogP contribution >= 0.6 is 0 Å². The smallest absolute Gasteiger partial charge is 0.258 e. The lowest BCUT2D eigenvalue weighted by Gasteiger charge is -2.35. The lowest BCUT2D eigenvalue weighted by atomic mass is 9.84. The van der Waals surface area contributed by atoms with Crippen LogP contribution in [0.25, 0.3) is 22.3 Å². The number of hydrogen-bond acceptors (Lipinski definition) is 17. The number of aliphatic hydroxyl groups excluding tert-OH is 5. The second kappa shape index (κ2) is 28.4. The highest BCUT2D eigenvalue weighted by Crippen LogP contribution is 2.42. The molecule has 0 unspecified atom stereocenters. The molecule has 3 aliphatic rings. The van der Waals surface area contributed by atoms with E-state index in [9.17, 15) is 63.9 Å². The number of rotatable bonds is 32. The van der Waals surface area contributed by atoms with Crippen LogP contribution in [0, 0.1) is 30.5 Å². The molecule has 9 N–H and O–H groups in total. The molecular formula is C58H77FN6O16. The van der Waals surface area contributed by atoms with Crippen molar-refractivity contribution in [3.8, 4) is 11.4 Å². The third-order valence-corrected chi connectivity index (χ3v) is 15.5. The number of nitrogens with zero attached hydrogens (tertiary/aromatic N) is 3. The van der Waals surface area contributed by atoms with Crippen molar-refractivity contribution >= 4 is 52.0 Å². The zero-order valence-corrected chi connectivity index (χ0v) is 46.6. The third kappa shape index (κ3) is 15.3. The molecule has 0 saturated heterocycles. The maximum atomic E-state index is 15.5. The van der Waals surface area contributed by atoms with Crippen molar-refractivity contribution in [1.29, 1.82) is 0 Å². The number of unbranched alkanes of at least 4 members (excludes halogenated alkanes) is 3. The van der Waals surface area contributed by atoms with Gasteiger partial charge in [0.25, 0.3) is 17.4 Å². The molecule has 22 nitrogen and oxygen atoms in total. The maximum absolute atomic E-state index is 15.5. The summed E-state index contributed by atoms with van der Waals surface area (Å²) in [4.78, 5) is 110. The minimum Gasteiger partial charge on any atom is -0.490 e. The fourth-order valence-corrected chi connectivity index (χ4v) is 10.4. The Hall–Kier alpha value is -6.60. The Kier molecular flexibility index (Phi) is 22.3. The van der Waals surface area contributed by atoms with Crippen LogP contribution in [-0.4, -0.2) is 150 Å². The number of fused-ring (bicyclic) bond motifs is 5. The van der Waals surface area contributed by atoms with Crippen LogP contribution in [0.2, 0.25) is 0 Å². The van der Waals surface area contributed by atoms with Gasteiger partial charge in [0.15, 0.2) is 5.78 Å². The van der Waals surface area contributed by atoms with E-state index in [0.717, 1.165) is 21.4 Å². The van der Waals surface area contributed by atoms with E-state index in [-0.39, 0.29) is 88.7 Å². The summed E-state index contributed by atoms with van der Waals surface area (Å²) in [5.74, 6) is -6.14. The molecule has 0 bridgehead atoms. The summed E-state index contributed by atoms with van der Waals surface area (Å²) >= 11 is 0.